The number of nitrogens with one attached hydrogen (secondary N) is 1. The Bertz CT molecular complexity index is 1300. The summed E-state index contributed by atoms with van der Waals surface area (Å²) in [6, 6.07) is 28.1. The summed E-state index contributed by atoms with van der Waals surface area (Å²) >= 11 is 0. The third-order valence-electron chi connectivity index (χ3n) is 7.09. The highest BCUT2D eigenvalue weighted by Crippen LogP contribution is 2.37. The minimum Gasteiger partial charge on any atom is -0.461 e. The molecule has 1 aromatic heterocycles. The second-order valence-corrected chi connectivity index (χ2v) is 9.72. The van der Waals surface area contributed by atoms with Gasteiger partial charge in [0.15, 0.2) is 0 Å². The maximum atomic E-state index is 9.67. The molecule has 0 aliphatic carbocycles. The molecule has 0 spiro atoms. The van der Waals surface area contributed by atoms with E-state index in [0.717, 1.165) is 68.7 Å². The summed E-state index contributed by atoms with van der Waals surface area (Å²) in [5, 5.41) is 14.2. The van der Waals surface area contributed by atoms with Gasteiger partial charge in [0.25, 0.3) is 0 Å². The Balaban J connectivity index is 1.55. The molecule has 1 aliphatic heterocycles. The number of nitrogens with zero attached hydrogens (tertiary/aromatic N) is 1. The van der Waals surface area contributed by atoms with Crippen LogP contribution >= 0.6 is 0 Å². The Hall–Kier alpha value is -3.18. The molecular weight excluding hydrogens is 444 g/mol. The van der Waals surface area contributed by atoms with Gasteiger partial charge >= 0.3 is 0 Å². The molecule has 2 N–H and O–H groups in total. The lowest BCUT2D eigenvalue weighted by molar-refractivity contribution is 0.239. The number of allylic oxidation sites excluding steroid dienone is 1. The van der Waals surface area contributed by atoms with Crippen molar-refractivity contribution in [1.29, 1.82) is 0 Å². The number of benzene rings is 3. The monoisotopic (exact) mass is 480 g/mol. The molecule has 186 valence electrons. The van der Waals surface area contributed by atoms with E-state index in [-0.39, 0.29) is 6.61 Å². The van der Waals surface area contributed by atoms with Crippen molar-refractivity contribution < 1.29 is 9.52 Å². The van der Waals surface area contributed by atoms with Gasteiger partial charge in [0.2, 0.25) is 0 Å². The van der Waals surface area contributed by atoms with Gasteiger partial charge in [-0.05, 0) is 65.8 Å². The second kappa shape index (κ2) is 11.7. The number of piperazine rings is 1. The van der Waals surface area contributed by atoms with Crippen LogP contribution < -0.4 is 5.32 Å². The van der Waals surface area contributed by atoms with E-state index in [4.69, 9.17) is 4.42 Å². The Morgan fingerprint density at radius 2 is 1.64 bits per heavy atom. The van der Waals surface area contributed by atoms with Crippen LogP contribution in [0.15, 0.2) is 83.3 Å². The summed E-state index contributed by atoms with van der Waals surface area (Å²) in [7, 11) is 0. The Morgan fingerprint density at radius 3 is 2.39 bits per heavy atom. The van der Waals surface area contributed by atoms with Gasteiger partial charge in [-0.2, -0.15) is 0 Å². The number of hydrogen-bond donors (Lipinski definition) is 2. The molecule has 0 radical (unpaired) electrons. The van der Waals surface area contributed by atoms with E-state index in [1.54, 1.807) is 0 Å². The summed E-state index contributed by atoms with van der Waals surface area (Å²) in [5.41, 5.74) is 8.24. The number of aryl methyl sites for hydroxylation is 1. The average molecular weight is 481 g/mol. The number of fused-ring (bicyclic) bond motifs is 1. The predicted octanol–water partition coefficient (Wildman–Crippen LogP) is 5.92. The van der Waals surface area contributed by atoms with Crippen LogP contribution in [-0.4, -0.2) is 49.3 Å². The standard InChI is InChI=1S/C32H36N2O2/c1-24-9-11-26(12-10-24)32(30(8-5-21-35)25-6-3-2-4-7-25)27-13-14-31-28(22-27)23-29(36-31)15-18-34-19-16-33-17-20-34/h2-4,6-7,9-14,22-23,33,35H,5,8,15-21H2,1H3. The number of furan rings is 1. The summed E-state index contributed by atoms with van der Waals surface area (Å²) < 4.78 is 6.23. The zero-order valence-electron chi connectivity index (χ0n) is 21.2. The third-order valence-corrected chi connectivity index (χ3v) is 7.09. The van der Waals surface area contributed by atoms with Crippen molar-refractivity contribution in [2.45, 2.75) is 26.2 Å². The molecular formula is C32H36N2O2. The lowest BCUT2D eigenvalue weighted by atomic mass is 9.86. The van der Waals surface area contributed by atoms with Crippen LogP contribution in [0.3, 0.4) is 0 Å². The van der Waals surface area contributed by atoms with E-state index >= 15 is 0 Å². The maximum Gasteiger partial charge on any atom is 0.134 e. The molecule has 5 rings (SSSR count). The zero-order chi connectivity index (χ0) is 24.7. The number of aliphatic hydroxyl groups is 1. The van der Waals surface area contributed by atoms with Crippen molar-refractivity contribution in [1.82, 2.24) is 10.2 Å². The summed E-state index contributed by atoms with van der Waals surface area (Å²) in [6.45, 7) is 7.67. The highest BCUT2D eigenvalue weighted by Gasteiger charge is 2.16. The molecule has 0 atom stereocenters. The van der Waals surface area contributed by atoms with Crippen molar-refractivity contribution in [3.05, 3.63) is 107 Å². The summed E-state index contributed by atoms with van der Waals surface area (Å²) in [4.78, 5) is 2.50. The molecule has 36 heavy (non-hydrogen) atoms. The summed E-state index contributed by atoms with van der Waals surface area (Å²) in [5.74, 6) is 1.05. The first-order chi connectivity index (χ1) is 17.7. The molecule has 0 saturated carbocycles. The molecule has 0 bridgehead atoms. The van der Waals surface area contributed by atoms with Gasteiger partial charge in [0.1, 0.15) is 11.3 Å². The van der Waals surface area contributed by atoms with E-state index in [1.807, 2.05) is 0 Å². The average Bonchev–Trinajstić information content (AvgIpc) is 3.34. The molecule has 4 aromatic rings. The van der Waals surface area contributed by atoms with Crippen LogP contribution in [0.2, 0.25) is 0 Å². The fourth-order valence-electron chi connectivity index (χ4n) is 5.12. The molecule has 3 aromatic carbocycles. The zero-order valence-corrected chi connectivity index (χ0v) is 21.2. The second-order valence-electron chi connectivity index (χ2n) is 9.72. The highest BCUT2D eigenvalue weighted by molar-refractivity contribution is 6.00. The number of aliphatic hydroxyl groups excluding tert-OH is 1. The molecule has 1 aliphatic rings. The first-order valence-corrected chi connectivity index (χ1v) is 13.1. The fraction of sp³-hybridized carbons (Fsp3) is 0.312. The molecule has 4 heteroatoms. The minimum atomic E-state index is 0.175. The van der Waals surface area contributed by atoms with Crippen molar-refractivity contribution in [3.63, 3.8) is 0 Å². The van der Waals surface area contributed by atoms with Crippen molar-refractivity contribution in [3.8, 4) is 0 Å². The van der Waals surface area contributed by atoms with Gasteiger partial charge in [0.05, 0.1) is 0 Å². The Morgan fingerprint density at radius 1 is 0.889 bits per heavy atom. The van der Waals surface area contributed by atoms with E-state index in [9.17, 15) is 5.11 Å². The number of hydrogen-bond acceptors (Lipinski definition) is 4. The Kier molecular flexibility index (Phi) is 7.97. The van der Waals surface area contributed by atoms with Crippen LogP contribution in [0.25, 0.3) is 22.1 Å². The molecule has 1 fully saturated rings. The third kappa shape index (κ3) is 5.79. The lowest BCUT2D eigenvalue weighted by Crippen LogP contribution is -2.44. The summed E-state index contributed by atoms with van der Waals surface area (Å²) in [6.07, 6.45) is 2.46. The molecule has 1 saturated heterocycles. The van der Waals surface area contributed by atoms with Gasteiger partial charge in [-0.25, -0.2) is 0 Å². The van der Waals surface area contributed by atoms with Crippen LogP contribution in [0.1, 0.15) is 40.9 Å². The van der Waals surface area contributed by atoms with Crippen molar-refractivity contribution in [2.24, 2.45) is 0 Å². The minimum absolute atomic E-state index is 0.175. The molecule has 0 unspecified atom stereocenters. The highest BCUT2D eigenvalue weighted by atomic mass is 16.3. The van der Waals surface area contributed by atoms with Crippen LogP contribution in [-0.2, 0) is 6.42 Å². The lowest BCUT2D eigenvalue weighted by Gasteiger charge is -2.26. The van der Waals surface area contributed by atoms with Crippen molar-refractivity contribution >= 4 is 22.1 Å². The first kappa shape index (κ1) is 24.5. The molecule has 2 heterocycles. The van der Waals surface area contributed by atoms with Gasteiger partial charge in [-0.15, -0.1) is 0 Å². The molecule has 4 nitrogen and oxygen atoms in total. The molecule has 0 amide bonds. The van der Waals surface area contributed by atoms with Gasteiger partial charge < -0.3 is 19.7 Å². The topological polar surface area (TPSA) is 48.6 Å². The van der Waals surface area contributed by atoms with Crippen LogP contribution in [0.4, 0.5) is 0 Å². The van der Waals surface area contributed by atoms with Gasteiger partial charge in [0, 0.05) is 51.1 Å². The van der Waals surface area contributed by atoms with Gasteiger partial charge in [-0.1, -0.05) is 66.2 Å². The Labute approximate surface area is 214 Å². The van der Waals surface area contributed by atoms with E-state index in [0.29, 0.717) is 0 Å². The largest absolute Gasteiger partial charge is 0.461 e. The quantitative estimate of drug-likeness (QED) is 0.292. The smallest absolute Gasteiger partial charge is 0.134 e. The number of rotatable bonds is 9. The van der Waals surface area contributed by atoms with E-state index in [1.165, 1.54) is 33.4 Å². The first-order valence-electron chi connectivity index (χ1n) is 13.1. The fourth-order valence-corrected chi connectivity index (χ4v) is 5.12. The predicted molar refractivity (Wildman–Crippen MR) is 149 cm³/mol. The van der Waals surface area contributed by atoms with E-state index < -0.39 is 0 Å². The van der Waals surface area contributed by atoms with Crippen LogP contribution in [0, 0.1) is 6.92 Å². The van der Waals surface area contributed by atoms with Crippen LogP contribution in [0.5, 0.6) is 0 Å². The van der Waals surface area contributed by atoms with Crippen molar-refractivity contribution in [2.75, 3.05) is 39.3 Å². The SMILES string of the molecule is Cc1ccc(C(=C(CCCO)c2ccccc2)c2ccc3oc(CCN4CCNCC4)cc3c2)cc1. The normalized spacial score (nSPS) is 15.3. The maximum absolute atomic E-state index is 9.67. The van der Waals surface area contributed by atoms with E-state index in [2.05, 4.69) is 96.0 Å². The van der Waals surface area contributed by atoms with Gasteiger partial charge in [-0.3, -0.25) is 0 Å².